The molecule has 0 bridgehead atoms. The highest BCUT2D eigenvalue weighted by Crippen LogP contribution is 2.26. The van der Waals surface area contributed by atoms with Crippen LogP contribution >= 0.6 is 0 Å². The summed E-state index contributed by atoms with van der Waals surface area (Å²) in [4.78, 5) is 6.40. The molecule has 3 nitrogen and oxygen atoms in total. The van der Waals surface area contributed by atoms with E-state index in [2.05, 4.69) is 29.2 Å². The summed E-state index contributed by atoms with van der Waals surface area (Å²) in [5, 5.41) is 10.1. The van der Waals surface area contributed by atoms with Gasteiger partial charge in [-0.15, -0.1) is 0 Å². The summed E-state index contributed by atoms with van der Waals surface area (Å²) in [7, 11) is 0. The van der Waals surface area contributed by atoms with Crippen molar-refractivity contribution >= 4 is 11.0 Å². The van der Waals surface area contributed by atoms with Crippen molar-refractivity contribution in [1.82, 2.24) is 4.98 Å². The summed E-state index contributed by atoms with van der Waals surface area (Å²) in [5.74, 6) is 0.488. The number of hydrogen-bond donors (Lipinski definition) is 2. The van der Waals surface area contributed by atoms with Gasteiger partial charge < -0.3 is 5.11 Å². The molecule has 1 atom stereocenters. The highest BCUT2D eigenvalue weighted by Gasteiger charge is 2.14. The van der Waals surface area contributed by atoms with Crippen molar-refractivity contribution in [3.8, 4) is 0 Å². The van der Waals surface area contributed by atoms with Crippen molar-refractivity contribution in [2.75, 3.05) is 6.61 Å². The van der Waals surface area contributed by atoms with Gasteiger partial charge in [-0.2, -0.15) is 0 Å². The van der Waals surface area contributed by atoms with E-state index in [-0.39, 0.29) is 6.61 Å². The molecule has 0 amide bonds. The number of hydrogen-bond acceptors (Lipinski definition) is 1. The maximum atomic E-state index is 8.81. The van der Waals surface area contributed by atoms with Gasteiger partial charge in [0, 0.05) is 12.2 Å². The summed E-state index contributed by atoms with van der Waals surface area (Å²) < 4.78 is 0. The minimum Gasteiger partial charge on any atom is -0.396 e. The minimum absolute atomic E-state index is 0.277. The third kappa shape index (κ3) is 2.02. The predicted octanol–water partition coefficient (Wildman–Crippen LogP) is 1.86. The summed E-state index contributed by atoms with van der Waals surface area (Å²) in [6.07, 6.45) is 5.87. The van der Waals surface area contributed by atoms with Gasteiger partial charge in [0.1, 0.15) is 0 Å². The SMILES string of the molecule is CC(CCCO)c1c[nH]c2[nH+]cccc12. The van der Waals surface area contributed by atoms with Crippen LogP contribution in [-0.4, -0.2) is 16.7 Å². The lowest BCUT2D eigenvalue weighted by molar-refractivity contribution is -0.347. The van der Waals surface area contributed by atoms with E-state index in [1.807, 2.05) is 12.3 Å². The number of aromatic amines is 2. The molecule has 0 saturated heterocycles. The molecule has 2 aromatic rings. The van der Waals surface area contributed by atoms with E-state index < -0.39 is 0 Å². The van der Waals surface area contributed by atoms with Crippen molar-refractivity contribution in [2.45, 2.75) is 25.7 Å². The average molecular weight is 205 g/mol. The Labute approximate surface area is 89.2 Å². The second kappa shape index (κ2) is 4.45. The summed E-state index contributed by atoms with van der Waals surface area (Å²) in [6, 6.07) is 4.13. The van der Waals surface area contributed by atoms with Gasteiger partial charge in [-0.05, 0) is 30.9 Å². The van der Waals surface area contributed by atoms with Crippen LogP contribution in [0, 0.1) is 0 Å². The molecule has 0 aliphatic rings. The van der Waals surface area contributed by atoms with Crippen LogP contribution in [0.1, 0.15) is 31.2 Å². The topological polar surface area (TPSA) is 50.2 Å². The first-order valence-corrected chi connectivity index (χ1v) is 5.41. The highest BCUT2D eigenvalue weighted by atomic mass is 16.2. The molecule has 0 fully saturated rings. The van der Waals surface area contributed by atoms with Gasteiger partial charge in [0.15, 0.2) is 0 Å². The third-order valence-electron chi connectivity index (χ3n) is 2.87. The first-order chi connectivity index (χ1) is 7.33. The lowest BCUT2D eigenvalue weighted by Gasteiger charge is -2.07. The maximum Gasteiger partial charge on any atom is 0.284 e. The summed E-state index contributed by atoms with van der Waals surface area (Å²) >= 11 is 0. The normalized spacial score (nSPS) is 13.2. The Hall–Kier alpha value is -1.35. The molecule has 0 aliphatic heterocycles. The number of rotatable bonds is 4. The molecule has 0 saturated carbocycles. The minimum atomic E-state index is 0.277. The standard InChI is InChI=1S/C12H16N2O/c1-9(4-3-7-15)11-8-14-12-10(11)5-2-6-13-12/h2,5-6,8-9,15H,3-4,7H2,1H3,(H,13,14)/p+1. The van der Waals surface area contributed by atoms with Gasteiger partial charge in [0.05, 0.1) is 17.8 Å². The molecule has 15 heavy (non-hydrogen) atoms. The van der Waals surface area contributed by atoms with Crippen LogP contribution in [0.2, 0.25) is 0 Å². The lowest BCUT2D eigenvalue weighted by atomic mass is 9.97. The van der Waals surface area contributed by atoms with Crippen molar-refractivity contribution in [2.24, 2.45) is 0 Å². The second-order valence-corrected chi connectivity index (χ2v) is 3.97. The van der Waals surface area contributed by atoms with Gasteiger partial charge in [0.2, 0.25) is 0 Å². The molecule has 0 radical (unpaired) electrons. The number of aliphatic hydroxyl groups is 1. The fourth-order valence-electron chi connectivity index (χ4n) is 1.99. The Kier molecular flexibility index (Phi) is 3.02. The first-order valence-electron chi connectivity index (χ1n) is 5.41. The van der Waals surface area contributed by atoms with Crippen LogP contribution in [-0.2, 0) is 0 Å². The van der Waals surface area contributed by atoms with Crippen molar-refractivity contribution in [3.63, 3.8) is 0 Å². The van der Waals surface area contributed by atoms with E-state index in [1.54, 1.807) is 0 Å². The number of pyridine rings is 1. The van der Waals surface area contributed by atoms with Crippen LogP contribution in [0.3, 0.4) is 0 Å². The summed E-state index contributed by atoms with van der Waals surface area (Å²) in [5.41, 5.74) is 2.40. The largest absolute Gasteiger partial charge is 0.396 e. The second-order valence-electron chi connectivity index (χ2n) is 3.97. The molecule has 2 rings (SSSR count). The monoisotopic (exact) mass is 205 g/mol. The molecule has 0 aliphatic carbocycles. The van der Waals surface area contributed by atoms with E-state index >= 15 is 0 Å². The Morgan fingerprint density at radius 1 is 1.53 bits per heavy atom. The highest BCUT2D eigenvalue weighted by molar-refractivity contribution is 5.77. The number of aromatic nitrogens is 2. The van der Waals surface area contributed by atoms with Crippen LogP contribution in [0.15, 0.2) is 24.5 Å². The number of H-pyrrole nitrogens is 2. The maximum absolute atomic E-state index is 8.81. The van der Waals surface area contributed by atoms with E-state index in [0.29, 0.717) is 5.92 Å². The van der Waals surface area contributed by atoms with Gasteiger partial charge in [-0.25, -0.2) is 9.97 Å². The van der Waals surface area contributed by atoms with Gasteiger partial charge in [0.25, 0.3) is 5.65 Å². The van der Waals surface area contributed by atoms with Crippen LogP contribution in [0.25, 0.3) is 11.0 Å². The molecule has 0 aromatic carbocycles. The van der Waals surface area contributed by atoms with E-state index in [9.17, 15) is 0 Å². The zero-order valence-corrected chi connectivity index (χ0v) is 8.96. The molecule has 80 valence electrons. The van der Waals surface area contributed by atoms with Crippen molar-refractivity contribution < 1.29 is 10.1 Å². The van der Waals surface area contributed by atoms with Crippen LogP contribution in [0.5, 0.6) is 0 Å². The van der Waals surface area contributed by atoms with Gasteiger partial charge in [-0.3, -0.25) is 0 Å². The van der Waals surface area contributed by atoms with Crippen LogP contribution in [0.4, 0.5) is 0 Å². The number of nitrogens with one attached hydrogen (secondary N) is 2. The quantitative estimate of drug-likeness (QED) is 0.786. The molecule has 3 heteroatoms. The first kappa shape index (κ1) is 10.2. The molecule has 0 spiro atoms. The Balaban J connectivity index is 2.27. The van der Waals surface area contributed by atoms with Crippen LogP contribution < -0.4 is 4.98 Å². The van der Waals surface area contributed by atoms with Gasteiger partial charge in [-0.1, -0.05) is 6.92 Å². The molecule has 2 heterocycles. The van der Waals surface area contributed by atoms with E-state index in [4.69, 9.17) is 5.11 Å². The molecule has 2 aromatic heterocycles. The lowest BCUT2D eigenvalue weighted by Crippen LogP contribution is -2.01. The third-order valence-corrected chi connectivity index (χ3v) is 2.87. The zero-order valence-electron chi connectivity index (χ0n) is 8.96. The molecule has 1 unspecified atom stereocenters. The van der Waals surface area contributed by atoms with E-state index in [1.165, 1.54) is 10.9 Å². The fraction of sp³-hybridized carbons (Fsp3) is 0.417. The smallest absolute Gasteiger partial charge is 0.284 e. The van der Waals surface area contributed by atoms with E-state index in [0.717, 1.165) is 18.5 Å². The predicted molar refractivity (Wildman–Crippen MR) is 59.6 cm³/mol. The summed E-state index contributed by atoms with van der Waals surface area (Å²) in [6.45, 7) is 2.48. The Morgan fingerprint density at radius 3 is 3.20 bits per heavy atom. The number of aliphatic hydroxyl groups excluding tert-OH is 1. The molecular formula is C12H17N2O+. The van der Waals surface area contributed by atoms with Crippen molar-refractivity contribution in [3.05, 3.63) is 30.1 Å². The Bertz CT molecular complexity index is 436. The number of fused-ring (bicyclic) bond motifs is 1. The molecule has 3 N–H and O–H groups in total. The van der Waals surface area contributed by atoms with Gasteiger partial charge >= 0.3 is 0 Å². The van der Waals surface area contributed by atoms with Crippen molar-refractivity contribution in [1.29, 1.82) is 0 Å². The fourth-order valence-corrected chi connectivity index (χ4v) is 1.99. The molecular weight excluding hydrogens is 188 g/mol. The average Bonchev–Trinajstić information content (AvgIpc) is 2.69. The Morgan fingerprint density at radius 2 is 2.40 bits per heavy atom. The zero-order chi connectivity index (χ0) is 10.7.